The van der Waals surface area contributed by atoms with Gasteiger partial charge in [-0.2, -0.15) is 0 Å². The van der Waals surface area contributed by atoms with Crippen molar-refractivity contribution in [2.24, 2.45) is 0 Å². The molecule has 32 valence electrons. The summed E-state index contributed by atoms with van der Waals surface area (Å²) in [5, 5.41) is 0. The van der Waals surface area contributed by atoms with Crippen LogP contribution < -0.4 is 49.6 Å². The van der Waals surface area contributed by atoms with Crippen LogP contribution in [0.1, 0.15) is 0 Å². The van der Waals surface area contributed by atoms with E-state index in [4.69, 9.17) is 0 Å². The monoisotopic (exact) mass is 500 g/mol. The van der Waals surface area contributed by atoms with Crippen molar-refractivity contribution in [1.82, 2.24) is 0 Å². The van der Waals surface area contributed by atoms with Crippen LogP contribution in [0.5, 0.6) is 0 Å². The Balaban J connectivity index is 0. The zero-order valence-corrected chi connectivity index (χ0v) is 12.7. The molecule has 0 nitrogen and oxygen atoms in total. The van der Waals surface area contributed by atoms with E-state index in [1.54, 1.807) is 0 Å². The van der Waals surface area contributed by atoms with Gasteiger partial charge in [0.25, 0.3) is 0 Å². The minimum absolute atomic E-state index is 0. The summed E-state index contributed by atoms with van der Waals surface area (Å²) < 4.78 is 0. The first-order valence-corrected chi connectivity index (χ1v) is 0. The molecule has 6 heavy (non-hydrogen) atoms. The molecular formula is Cl4Hf2+4. The molecule has 0 amide bonds. The molecule has 0 aromatic carbocycles. The van der Waals surface area contributed by atoms with Crippen LogP contribution in [0.4, 0.5) is 0 Å². The van der Waals surface area contributed by atoms with Gasteiger partial charge in [-0.05, 0) is 0 Å². The second-order valence-corrected chi connectivity index (χ2v) is 0. The molecule has 0 aliphatic carbocycles. The minimum Gasteiger partial charge on any atom is -1.00 e. The van der Waals surface area contributed by atoms with E-state index in [9.17, 15) is 0 Å². The third-order valence-electron chi connectivity index (χ3n) is 0. The number of hydrogen-bond acceptors (Lipinski definition) is 0. The molecule has 0 unspecified atom stereocenters. The third kappa shape index (κ3) is 28.6. The summed E-state index contributed by atoms with van der Waals surface area (Å²) in [7, 11) is 0. The largest absolute Gasteiger partial charge is 4.00 e. The van der Waals surface area contributed by atoms with Crippen LogP contribution in [0, 0.1) is 0 Å². The van der Waals surface area contributed by atoms with Gasteiger partial charge < -0.3 is 49.6 Å². The Bertz CT molecular complexity index is 5.51. The molecule has 0 aromatic heterocycles. The normalized spacial score (nSPS) is 0. The molecule has 0 rings (SSSR count). The Morgan fingerprint density at radius 3 is 0.333 bits per heavy atom. The van der Waals surface area contributed by atoms with Crippen LogP contribution in [0.2, 0.25) is 0 Å². The molecule has 0 N–H and O–H groups in total. The third-order valence-corrected chi connectivity index (χ3v) is 0. The summed E-state index contributed by atoms with van der Waals surface area (Å²) in [5.74, 6) is 0. The predicted octanol–water partition coefficient (Wildman–Crippen LogP) is -12.0. The molecule has 0 aliphatic rings. The van der Waals surface area contributed by atoms with Crippen molar-refractivity contribution in [1.29, 1.82) is 0 Å². The quantitative estimate of drug-likeness (QED) is 0.291. The van der Waals surface area contributed by atoms with Crippen molar-refractivity contribution in [3.63, 3.8) is 0 Å². The number of rotatable bonds is 0. The fourth-order valence-corrected chi connectivity index (χ4v) is 0. The molecule has 0 heterocycles. The Kier molecular flexibility index (Phi) is 492. The van der Waals surface area contributed by atoms with Crippen LogP contribution in [0.15, 0.2) is 0 Å². The van der Waals surface area contributed by atoms with E-state index in [0.717, 1.165) is 0 Å². The average molecular weight is 499 g/mol. The summed E-state index contributed by atoms with van der Waals surface area (Å²) in [5.41, 5.74) is 0. The maximum absolute atomic E-state index is 0. The fourth-order valence-electron chi connectivity index (χ4n) is 0. The second-order valence-electron chi connectivity index (χ2n) is 0. The Hall–Kier alpha value is 2.90. The van der Waals surface area contributed by atoms with Gasteiger partial charge in [-0.15, -0.1) is 0 Å². The van der Waals surface area contributed by atoms with Crippen LogP contribution in [-0.4, -0.2) is 0 Å². The number of halogens is 4. The molecule has 0 saturated carbocycles. The van der Waals surface area contributed by atoms with Gasteiger partial charge in [0.2, 0.25) is 0 Å². The first-order valence-electron chi connectivity index (χ1n) is 0. The van der Waals surface area contributed by atoms with Gasteiger partial charge in [0.1, 0.15) is 0 Å². The molecule has 0 saturated heterocycles. The Labute approximate surface area is 99.8 Å². The van der Waals surface area contributed by atoms with Gasteiger partial charge >= 0.3 is 51.7 Å². The van der Waals surface area contributed by atoms with Gasteiger partial charge in [-0.25, -0.2) is 0 Å². The minimum atomic E-state index is 0. The summed E-state index contributed by atoms with van der Waals surface area (Å²) in [4.78, 5) is 0. The van der Waals surface area contributed by atoms with Crippen molar-refractivity contribution < 1.29 is 101 Å². The summed E-state index contributed by atoms with van der Waals surface area (Å²) >= 11 is 0. The topological polar surface area (TPSA) is 0 Å². The smallest absolute Gasteiger partial charge is 1.00 e. The second kappa shape index (κ2) is 44.7. The van der Waals surface area contributed by atoms with E-state index >= 15 is 0 Å². The van der Waals surface area contributed by atoms with Crippen LogP contribution in [0.3, 0.4) is 0 Å². The van der Waals surface area contributed by atoms with Gasteiger partial charge in [0, 0.05) is 0 Å². The number of hydrogen-bond donors (Lipinski definition) is 0. The standard InChI is InChI=1S/4ClH.2Hf/h4*1H;;/q;;;;2*+4/p-4. The molecule has 0 aromatic rings. The van der Waals surface area contributed by atoms with E-state index in [-0.39, 0.29) is 101 Å². The SMILES string of the molecule is [Cl-].[Cl-].[Cl-].[Cl-].[Hf+4].[Hf+4]. The molecule has 6 heteroatoms. The van der Waals surface area contributed by atoms with Gasteiger partial charge in [0.15, 0.2) is 0 Å². The van der Waals surface area contributed by atoms with E-state index in [2.05, 4.69) is 0 Å². The summed E-state index contributed by atoms with van der Waals surface area (Å²) in [6.45, 7) is 0. The zero-order valence-electron chi connectivity index (χ0n) is 2.51. The van der Waals surface area contributed by atoms with E-state index in [1.165, 1.54) is 0 Å². The van der Waals surface area contributed by atoms with Gasteiger partial charge in [-0.3, -0.25) is 0 Å². The van der Waals surface area contributed by atoms with Gasteiger partial charge in [0.05, 0.1) is 0 Å². The molecule has 0 spiro atoms. The molecule has 0 atom stereocenters. The van der Waals surface area contributed by atoms with Crippen LogP contribution in [-0.2, 0) is 51.7 Å². The molecule has 0 fully saturated rings. The van der Waals surface area contributed by atoms with Crippen LogP contribution in [0.25, 0.3) is 0 Å². The van der Waals surface area contributed by atoms with Crippen molar-refractivity contribution in [3.8, 4) is 0 Å². The first-order chi connectivity index (χ1) is 0. The van der Waals surface area contributed by atoms with Crippen molar-refractivity contribution in [2.75, 3.05) is 0 Å². The van der Waals surface area contributed by atoms with Crippen LogP contribution >= 0.6 is 0 Å². The molecular weight excluding hydrogens is 499 g/mol. The predicted molar refractivity (Wildman–Crippen MR) is 0 cm³/mol. The fraction of sp³-hybridized carbons (Fsp3) is 0. The molecule has 0 bridgehead atoms. The molecule has 0 aliphatic heterocycles. The zero-order chi connectivity index (χ0) is 0. The average Bonchev–Trinajstić information content (AvgIpc) is 0. The Morgan fingerprint density at radius 2 is 0.333 bits per heavy atom. The summed E-state index contributed by atoms with van der Waals surface area (Å²) in [6.07, 6.45) is 0. The Morgan fingerprint density at radius 1 is 0.333 bits per heavy atom. The van der Waals surface area contributed by atoms with Crippen molar-refractivity contribution in [3.05, 3.63) is 0 Å². The van der Waals surface area contributed by atoms with E-state index < -0.39 is 0 Å². The van der Waals surface area contributed by atoms with Crippen molar-refractivity contribution in [2.45, 2.75) is 0 Å². The maximum Gasteiger partial charge on any atom is 4.00 e. The first kappa shape index (κ1) is 66.0. The summed E-state index contributed by atoms with van der Waals surface area (Å²) in [6, 6.07) is 0. The van der Waals surface area contributed by atoms with E-state index in [0.29, 0.717) is 0 Å². The maximum atomic E-state index is 0. The molecule has 0 radical (unpaired) electrons. The van der Waals surface area contributed by atoms with E-state index in [1.807, 2.05) is 0 Å². The van der Waals surface area contributed by atoms with Gasteiger partial charge in [-0.1, -0.05) is 0 Å². The van der Waals surface area contributed by atoms with Crippen molar-refractivity contribution >= 4 is 0 Å².